The van der Waals surface area contributed by atoms with E-state index in [4.69, 9.17) is 4.74 Å². The van der Waals surface area contributed by atoms with Crippen molar-refractivity contribution < 1.29 is 9.53 Å². The van der Waals surface area contributed by atoms with Crippen LogP contribution in [-0.4, -0.2) is 12.1 Å². The summed E-state index contributed by atoms with van der Waals surface area (Å²) in [4.78, 5) is 11.3. The van der Waals surface area contributed by atoms with Crippen molar-refractivity contribution in [1.82, 2.24) is 0 Å². The first-order chi connectivity index (χ1) is 7.76. The molecule has 0 amide bonds. The third-order valence-electron chi connectivity index (χ3n) is 3.29. The lowest BCUT2D eigenvalue weighted by Gasteiger charge is -2.28. The van der Waals surface area contributed by atoms with Gasteiger partial charge in [-0.05, 0) is 32.1 Å². The Bertz CT molecular complexity index is 233. The van der Waals surface area contributed by atoms with Crippen LogP contribution in [0.25, 0.3) is 0 Å². The third-order valence-corrected chi connectivity index (χ3v) is 3.29. The SMILES string of the molecule is CC=CC(=O)OC1CCCC(CCCC)C1. The first-order valence-electron chi connectivity index (χ1n) is 6.59. The first kappa shape index (κ1) is 13.3. The molecule has 0 N–H and O–H groups in total. The smallest absolute Gasteiger partial charge is 0.330 e. The van der Waals surface area contributed by atoms with E-state index >= 15 is 0 Å². The Morgan fingerprint density at radius 3 is 2.94 bits per heavy atom. The fourth-order valence-corrected chi connectivity index (χ4v) is 2.44. The highest BCUT2D eigenvalue weighted by Gasteiger charge is 2.23. The summed E-state index contributed by atoms with van der Waals surface area (Å²) in [5.74, 6) is 0.598. The summed E-state index contributed by atoms with van der Waals surface area (Å²) in [5, 5.41) is 0. The molecular weight excluding hydrogens is 200 g/mol. The first-order valence-corrected chi connectivity index (χ1v) is 6.59. The quantitative estimate of drug-likeness (QED) is 0.523. The Hall–Kier alpha value is -0.790. The molecule has 1 aliphatic rings. The van der Waals surface area contributed by atoms with Crippen LogP contribution < -0.4 is 0 Å². The lowest BCUT2D eigenvalue weighted by molar-refractivity contribution is -0.145. The Morgan fingerprint density at radius 2 is 2.25 bits per heavy atom. The zero-order chi connectivity index (χ0) is 11.8. The predicted octanol–water partition coefficient (Wildman–Crippen LogP) is 3.85. The highest BCUT2D eigenvalue weighted by atomic mass is 16.5. The summed E-state index contributed by atoms with van der Waals surface area (Å²) < 4.78 is 5.42. The van der Waals surface area contributed by atoms with Gasteiger partial charge in [-0.1, -0.05) is 38.7 Å². The second kappa shape index (κ2) is 7.48. The highest BCUT2D eigenvalue weighted by molar-refractivity contribution is 5.81. The number of unbranched alkanes of at least 4 members (excludes halogenated alkanes) is 1. The summed E-state index contributed by atoms with van der Waals surface area (Å²) in [6.07, 6.45) is 11.9. The van der Waals surface area contributed by atoms with Crippen molar-refractivity contribution in [3.8, 4) is 0 Å². The van der Waals surface area contributed by atoms with Gasteiger partial charge in [-0.25, -0.2) is 4.79 Å². The maximum Gasteiger partial charge on any atom is 0.330 e. The lowest BCUT2D eigenvalue weighted by atomic mass is 9.84. The Balaban J connectivity index is 2.29. The van der Waals surface area contributed by atoms with Crippen molar-refractivity contribution in [2.45, 2.75) is 64.9 Å². The summed E-state index contributed by atoms with van der Waals surface area (Å²) in [7, 11) is 0. The van der Waals surface area contributed by atoms with Crippen molar-refractivity contribution in [1.29, 1.82) is 0 Å². The van der Waals surface area contributed by atoms with Crippen LogP contribution in [0, 0.1) is 5.92 Å². The van der Waals surface area contributed by atoms with Gasteiger partial charge >= 0.3 is 5.97 Å². The number of esters is 1. The molecule has 2 unspecified atom stereocenters. The molecule has 1 rings (SSSR count). The van der Waals surface area contributed by atoms with Crippen molar-refractivity contribution >= 4 is 5.97 Å². The van der Waals surface area contributed by atoms with Crippen molar-refractivity contribution in [3.63, 3.8) is 0 Å². The topological polar surface area (TPSA) is 26.3 Å². The van der Waals surface area contributed by atoms with E-state index in [-0.39, 0.29) is 12.1 Å². The Kier molecular flexibility index (Phi) is 6.20. The fourth-order valence-electron chi connectivity index (χ4n) is 2.44. The minimum Gasteiger partial charge on any atom is -0.459 e. The maximum atomic E-state index is 11.3. The molecule has 1 aliphatic carbocycles. The van der Waals surface area contributed by atoms with Crippen LogP contribution in [0.3, 0.4) is 0 Å². The van der Waals surface area contributed by atoms with E-state index in [1.807, 2.05) is 6.92 Å². The zero-order valence-corrected chi connectivity index (χ0v) is 10.6. The molecule has 0 aromatic heterocycles. The molecule has 0 radical (unpaired) electrons. The normalized spacial score (nSPS) is 25.9. The molecule has 0 aromatic rings. The summed E-state index contributed by atoms with van der Waals surface area (Å²) >= 11 is 0. The molecule has 1 fully saturated rings. The number of rotatable bonds is 5. The molecule has 1 saturated carbocycles. The van der Waals surface area contributed by atoms with Crippen LogP contribution in [0.2, 0.25) is 0 Å². The molecule has 2 heteroatoms. The molecule has 2 nitrogen and oxygen atoms in total. The molecule has 0 bridgehead atoms. The van der Waals surface area contributed by atoms with E-state index < -0.39 is 0 Å². The molecule has 0 saturated heterocycles. The Morgan fingerprint density at radius 1 is 1.44 bits per heavy atom. The fraction of sp³-hybridized carbons (Fsp3) is 0.786. The van der Waals surface area contributed by atoms with E-state index in [2.05, 4.69) is 6.92 Å². The summed E-state index contributed by atoms with van der Waals surface area (Å²) in [6.45, 7) is 4.07. The van der Waals surface area contributed by atoms with Gasteiger partial charge in [0.15, 0.2) is 0 Å². The molecule has 0 heterocycles. The number of hydrogen-bond donors (Lipinski definition) is 0. The minimum atomic E-state index is -0.177. The van der Waals surface area contributed by atoms with Crippen molar-refractivity contribution in [2.75, 3.05) is 0 Å². The number of allylic oxidation sites excluding steroid dienone is 1. The second-order valence-corrected chi connectivity index (χ2v) is 4.73. The Labute approximate surface area is 99.1 Å². The minimum absolute atomic E-state index is 0.166. The molecule has 0 aromatic carbocycles. The van der Waals surface area contributed by atoms with Crippen LogP contribution in [0.1, 0.15) is 58.8 Å². The zero-order valence-electron chi connectivity index (χ0n) is 10.6. The van der Waals surface area contributed by atoms with Crippen LogP contribution in [0.15, 0.2) is 12.2 Å². The average molecular weight is 224 g/mol. The van der Waals surface area contributed by atoms with Gasteiger partial charge in [0, 0.05) is 6.08 Å². The van der Waals surface area contributed by atoms with Crippen LogP contribution in [-0.2, 0) is 9.53 Å². The lowest BCUT2D eigenvalue weighted by Crippen LogP contribution is -2.25. The van der Waals surface area contributed by atoms with Crippen molar-refractivity contribution in [2.24, 2.45) is 5.92 Å². The molecule has 0 spiro atoms. The van der Waals surface area contributed by atoms with E-state index in [0.29, 0.717) is 0 Å². The van der Waals surface area contributed by atoms with Gasteiger partial charge in [-0.3, -0.25) is 0 Å². The van der Waals surface area contributed by atoms with E-state index in [1.54, 1.807) is 6.08 Å². The predicted molar refractivity (Wildman–Crippen MR) is 66.2 cm³/mol. The second-order valence-electron chi connectivity index (χ2n) is 4.73. The van der Waals surface area contributed by atoms with E-state index in [9.17, 15) is 4.79 Å². The van der Waals surface area contributed by atoms with E-state index in [1.165, 1.54) is 38.2 Å². The van der Waals surface area contributed by atoms with Crippen molar-refractivity contribution in [3.05, 3.63) is 12.2 Å². The molecule has 92 valence electrons. The standard InChI is InChI=1S/C14H24O2/c1-3-5-8-12-9-6-10-13(11-12)16-14(15)7-4-2/h4,7,12-13H,3,5-6,8-11H2,1-2H3. The number of ether oxygens (including phenoxy) is 1. The van der Waals surface area contributed by atoms with Gasteiger partial charge < -0.3 is 4.74 Å². The molecular formula is C14H24O2. The average Bonchev–Trinajstić information content (AvgIpc) is 2.27. The van der Waals surface area contributed by atoms with Gasteiger partial charge in [0.05, 0.1) is 0 Å². The van der Waals surface area contributed by atoms with Crippen LogP contribution in [0.5, 0.6) is 0 Å². The monoisotopic (exact) mass is 224 g/mol. The number of hydrogen-bond acceptors (Lipinski definition) is 2. The highest BCUT2D eigenvalue weighted by Crippen LogP contribution is 2.29. The van der Waals surface area contributed by atoms with Gasteiger partial charge in [-0.2, -0.15) is 0 Å². The van der Waals surface area contributed by atoms with Crippen LogP contribution in [0.4, 0.5) is 0 Å². The van der Waals surface area contributed by atoms with E-state index in [0.717, 1.165) is 18.8 Å². The third kappa shape index (κ3) is 4.82. The van der Waals surface area contributed by atoms with Gasteiger partial charge in [0.2, 0.25) is 0 Å². The van der Waals surface area contributed by atoms with Gasteiger partial charge in [0.1, 0.15) is 6.10 Å². The van der Waals surface area contributed by atoms with Gasteiger partial charge in [0.25, 0.3) is 0 Å². The summed E-state index contributed by atoms with van der Waals surface area (Å²) in [5.41, 5.74) is 0. The maximum absolute atomic E-state index is 11.3. The van der Waals surface area contributed by atoms with Crippen LogP contribution >= 0.6 is 0 Å². The largest absolute Gasteiger partial charge is 0.459 e. The molecule has 0 aliphatic heterocycles. The molecule has 16 heavy (non-hydrogen) atoms. The molecule has 2 atom stereocenters. The number of carbonyl (C=O) groups excluding carboxylic acids is 1. The number of carbonyl (C=O) groups is 1. The van der Waals surface area contributed by atoms with Gasteiger partial charge in [-0.15, -0.1) is 0 Å². The summed E-state index contributed by atoms with van der Waals surface area (Å²) in [6, 6.07) is 0.